The average Bonchev–Trinajstić information content (AvgIpc) is 2.42. The van der Waals surface area contributed by atoms with Crippen molar-refractivity contribution in [2.24, 2.45) is 0 Å². The normalized spacial score (nSPS) is 10.1. The number of carbonyl (C=O) groups is 1. The SMILES string of the molecule is COC(=O)c1ccnc(Nc2cc(C)ccc2F)c1. The summed E-state index contributed by atoms with van der Waals surface area (Å²) < 4.78 is 18.2. The fraction of sp³-hybridized carbons (Fsp3) is 0.143. The molecule has 0 radical (unpaired) electrons. The Morgan fingerprint density at radius 2 is 2.11 bits per heavy atom. The molecule has 0 saturated carbocycles. The number of aryl methyl sites for hydroxylation is 1. The van der Waals surface area contributed by atoms with Gasteiger partial charge in [0.2, 0.25) is 0 Å². The van der Waals surface area contributed by atoms with Gasteiger partial charge in [0.25, 0.3) is 0 Å². The van der Waals surface area contributed by atoms with Crippen LogP contribution in [0.3, 0.4) is 0 Å². The van der Waals surface area contributed by atoms with Crippen molar-refractivity contribution >= 4 is 17.5 Å². The molecule has 2 aromatic rings. The largest absolute Gasteiger partial charge is 0.465 e. The molecule has 2 rings (SSSR count). The van der Waals surface area contributed by atoms with E-state index in [1.54, 1.807) is 12.1 Å². The van der Waals surface area contributed by atoms with Crippen LogP contribution in [0.1, 0.15) is 15.9 Å². The molecule has 98 valence electrons. The van der Waals surface area contributed by atoms with Gasteiger partial charge < -0.3 is 10.1 Å². The summed E-state index contributed by atoms with van der Waals surface area (Å²) in [5, 5.41) is 2.84. The molecule has 0 spiro atoms. The highest BCUT2D eigenvalue weighted by Gasteiger charge is 2.08. The lowest BCUT2D eigenvalue weighted by Gasteiger charge is -2.08. The van der Waals surface area contributed by atoms with Crippen molar-refractivity contribution in [3.8, 4) is 0 Å². The van der Waals surface area contributed by atoms with Crippen molar-refractivity contribution in [3.05, 3.63) is 53.5 Å². The number of halogens is 1. The second kappa shape index (κ2) is 5.48. The first-order valence-corrected chi connectivity index (χ1v) is 5.67. The van der Waals surface area contributed by atoms with Crippen LogP contribution in [0.5, 0.6) is 0 Å². The molecule has 0 aliphatic carbocycles. The monoisotopic (exact) mass is 260 g/mol. The van der Waals surface area contributed by atoms with E-state index >= 15 is 0 Å². The second-order valence-corrected chi connectivity index (χ2v) is 4.03. The van der Waals surface area contributed by atoms with E-state index < -0.39 is 5.97 Å². The fourth-order valence-electron chi connectivity index (χ4n) is 1.62. The van der Waals surface area contributed by atoms with E-state index in [0.717, 1.165) is 5.56 Å². The molecule has 1 aromatic heterocycles. The molecular weight excluding hydrogens is 247 g/mol. The molecule has 1 aromatic carbocycles. The zero-order valence-corrected chi connectivity index (χ0v) is 10.6. The summed E-state index contributed by atoms with van der Waals surface area (Å²) in [6, 6.07) is 7.76. The van der Waals surface area contributed by atoms with Crippen molar-refractivity contribution < 1.29 is 13.9 Å². The third-order valence-corrected chi connectivity index (χ3v) is 2.57. The topological polar surface area (TPSA) is 51.2 Å². The summed E-state index contributed by atoms with van der Waals surface area (Å²) in [6.45, 7) is 1.86. The van der Waals surface area contributed by atoms with Gasteiger partial charge in [-0.1, -0.05) is 6.07 Å². The van der Waals surface area contributed by atoms with Crippen molar-refractivity contribution in [2.45, 2.75) is 6.92 Å². The zero-order chi connectivity index (χ0) is 13.8. The summed E-state index contributed by atoms with van der Waals surface area (Å²) in [5.74, 6) is -0.460. The van der Waals surface area contributed by atoms with Gasteiger partial charge in [0.05, 0.1) is 18.4 Å². The van der Waals surface area contributed by atoms with Gasteiger partial charge in [-0.3, -0.25) is 0 Å². The van der Waals surface area contributed by atoms with Gasteiger partial charge in [0, 0.05) is 6.20 Å². The molecule has 0 atom stereocenters. The van der Waals surface area contributed by atoms with Crippen molar-refractivity contribution in [3.63, 3.8) is 0 Å². The van der Waals surface area contributed by atoms with Crippen LogP contribution in [0.2, 0.25) is 0 Å². The highest BCUT2D eigenvalue weighted by atomic mass is 19.1. The third kappa shape index (κ3) is 3.07. The van der Waals surface area contributed by atoms with Crippen molar-refractivity contribution in [1.82, 2.24) is 4.98 Å². The number of carbonyl (C=O) groups excluding carboxylic acids is 1. The first kappa shape index (κ1) is 13.0. The van der Waals surface area contributed by atoms with E-state index in [1.807, 2.05) is 6.92 Å². The molecule has 0 unspecified atom stereocenters. The minimum absolute atomic E-state index is 0.314. The number of aromatic nitrogens is 1. The number of methoxy groups -OCH3 is 1. The number of esters is 1. The van der Waals surface area contributed by atoms with Crippen LogP contribution in [-0.2, 0) is 4.74 Å². The zero-order valence-electron chi connectivity index (χ0n) is 10.6. The standard InChI is InChI=1S/C14H13FN2O2/c1-9-3-4-11(15)12(7-9)17-13-8-10(5-6-16-13)14(18)19-2/h3-8H,1-2H3,(H,16,17). The maximum atomic E-state index is 13.6. The van der Waals surface area contributed by atoms with Gasteiger partial charge in [-0.2, -0.15) is 0 Å². The van der Waals surface area contributed by atoms with Crippen LogP contribution in [0.25, 0.3) is 0 Å². The van der Waals surface area contributed by atoms with E-state index in [4.69, 9.17) is 0 Å². The Morgan fingerprint density at radius 1 is 1.32 bits per heavy atom. The predicted octanol–water partition coefficient (Wildman–Crippen LogP) is 3.06. The van der Waals surface area contributed by atoms with Gasteiger partial charge in [0.15, 0.2) is 0 Å². The minimum atomic E-state index is -0.463. The molecule has 0 saturated heterocycles. The van der Waals surface area contributed by atoms with Crippen LogP contribution >= 0.6 is 0 Å². The molecule has 4 nitrogen and oxygen atoms in total. The molecule has 19 heavy (non-hydrogen) atoms. The molecule has 0 aliphatic heterocycles. The quantitative estimate of drug-likeness (QED) is 0.862. The van der Waals surface area contributed by atoms with E-state index in [1.165, 1.54) is 31.5 Å². The first-order chi connectivity index (χ1) is 9.10. The van der Waals surface area contributed by atoms with Gasteiger partial charge in [-0.25, -0.2) is 14.2 Å². The molecule has 0 fully saturated rings. The van der Waals surface area contributed by atoms with Crippen molar-refractivity contribution in [1.29, 1.82) is 0 Å². The summed E-state index contributed by atoms with van der Waals surface area (Å²) in [7, 11) is 1.30. The second-order valence-electron chi connectivity index (χ2n) is 4.03. The number of benzene rings is 1. The number of hydrogen-bond acceptors (Lipinski definition) is 4. The Morgan fingerprint density at radius 3 is 2.84 bits per heavy atom. The Bertz CT molecular complexity index is 614. The van der Waals surface area contributed by atoms with E-state index in [9.17, 15) is 9.18 Å². The highest BCUT2D eigenvalue weighted by molar-refractivity contribution is 5.90. The van der Waals surface area contributed by atoms with Crippen molar-refractivity contribution in [2.75, 3.05) is 12.4 Å². The van der Waals surface area contributed by atoms with E-state index in [2.05, 4.69) is 15.0 Å². The summed E-state index contributed by atoms with van der Waals surface area (Å²) in [4.78, 5) is 15.4. The smallest absolute Gasteiger partial charge is 0.338 e. The number of ether oxygens (including phenoxy) is 1. The molecular formula is C14H13FN2O2. The Labute approximate surface area is 110 Å². The predicted molar refractivity (Wildman–Crippen MR) is 70.0 cm³/mol. The number of nitrogens with one attached hydrogen (secondary N) is 1. The lowest BCUT2D eigenvalue weighted by Crippen LogP contribution is -2.03. The molecule has 0 bridgehead atoms. The maximum absolute atomic E-state index is 13.6. The van der Waals surface area contributed by atoms with Gasteiger partial charge in [0.1, 0.15) is 11.6 Å². The third-order valence-electron chi connectivity index (χ3n) is 2.57. The summed E-state index contributed by atoms with van der Waals surface area (Å²) in [6.07, 6.45) is 1.46. The van der Waals surface area contributed by atoms with Gasteiger partial charge in [-0.05, 0) is 36.8 Å². The van der Waals surface area contributed by atoms with Crippen LogP contribution in [-0.4, -0.2) is 18.1 Å². The maximum Gasteiger partial charge on any atom is 0.338 e. The summed E-state index contributed by atoms with van der Waals surface area (Å²) in [5.41, 5.74) is 1.59. The molecule has 0 amide bonds. The highest BCUT2D eigenvalue weighted by Crippen LogP contribution is 2.20. The van der Waals surface area contributed by atoms with Gasteiger partial charge in [-0.15, -0.1) is 0 Å². The average molecular weight is 260 g/mol. The van der Waals surface area contributed by atoms with Crippen LogP contribution in [0.15, 0.2) is 36.5 Å². The Balaban J connectivity index is 2.28. The van der Waals surface area contributed by atoms with E-state index in [-0.39, 0.29) is 5.82 Å². The van der Waals surface area contributed by atoms with Crippen LogP contribution in [0.4, 0.5) is 15.9 Å². The Hall–Kier alpha value is -2.43. The number of pyridine rings is 1. The lowest BCUT2D eigenvalue weighted by atomic mass is 10.2. The number of anilines is 2. The molecule has 1 N–H and O–H groups in total. The lowest BCUT2D eigenvalue weighted by molar-refractivity contribution is 0.0600. The minimum Gasteiger partial charge on any atom is -0.465 e. The molecule has 0 aliphatic rings. The Kier molecular flexibility index (Phi) is 3.75. The van der Waals surface area contributed by atoms with E-state index in [0.29, 0.717) is 17.1 Å². The van der Waals surface area contributed by atoms with Crippen LogP contribution < -0.4 is 5.32 Å². The fourth-order valence-corrected chi connectivity index (χ4v) is 1.62. The molecule has 5 heteroatoms. The van der Waals surface area contributed by atoms with Crippen LogP contribution in [0, 0.1) is 12.7 Å². The number of rotatable bonds is 3. The first-order valence-electron chi connectivity index (χ1n) is 5.67. The summed E-state index contributed by atoms with van der Waals surface area (Å²) >= 11 is 0. The number of nitrogens with zero attached hydrogens (tertiary/aromatic N) is 1. The van der Waals surface area contributed by atoms with Gasteiger partial charge >= 0.3 is 5.97 Å². The molecule has 1 heterocycles. The number of hydrogen-bond donors (Lipinski definition) is 1.